The van der Waals surface area contributed by atoms with Crippen molar-refractivity contribution >= 4 is 5.71 Å². The molecule has 0 N–H and O–H groups in total. The minimum Gasteiger partial charge on any atom is -0.303 e. The van der Waals surface area contributed by atoms with E-state index in [4.69, 9.17) is 0 Å². The van der Waals surface area contributed by atoms with Crippen LogP contribution >= 0.6 is 0 Å². The standard InChI is InChI=1S/C11H21N3O2/c1-8(2)9-6-5-7-10(14(15)16)11(9)12-13(3)4/h8-10H,5-7H2,1-4H3/b12-11-. The zero-order valence-electron chi connectivity index (χ0n) is 10.5. The lowest BCUT2D eigenvalue weighted by Gasteiger charge is -2.29. The van der Waals surface area contributed by atoms with E-state index in [1.165, 1.54) is 0 Å². The molecule has 1 saturated carbocycles. The largest absolute Gasteiger partial charge is 0.303 e. The molecule has 0 saturated heterocycles. The lowest BCUT2D eigenvalue weighted by atomic mass is 9.78. The second-order valence-electron chi connectivity index (χ2n) is 4.95. The van der Waals surface area contributed by atoms with E-state index in [-0.39, 0.29) is 10.8 Å². The van der Waals surface area contributed by atoms with Crippen LogP contribution in [0.15, 0.2) is 5.10 Å². The van der Waals surface area contributed by atoms with Crippen LogP contribution in [0.2, 0.25) is 0 Å². The van der Waals surface area contributed by atoms with E-state index in [0.717, 1.165) is 18.6 Å². The van der Waals surface area contributed by atoms with E-state index in [1.54, 1.807) is 5.01 Å². The fraction of sp³-hybridized carbons (Fsp3) is 0.909. The van der Waals surface area contributed by atoms with E-state index < -0.39 is 6.04 Å². The summed E-state index contributed by atoms with van der Waals surface area (Å²) in [6.45, 7) is 4.22. The molecule has 0 heterocycles. The predicted molar refractivity (Wildman–Crippen MR) is 64.1 cm³/mol. The summed E-state index contributed by atoms with van der Waals surface area (Å²) < 4.78 is 0. The molecule has 5 nitrogen and oxygen atoms in total. The predicted octanol–water partition coefficient (Wildman–Crippen LogP) is 2.01. The van der Waals surface area contributed by atoms with Crippen molar-refractivity contribution in [2.24, 2.45) is 16.9 Å². The first-order valence-electron chi connectivity index (χ1n) is 5.82. The molecule has 92 valence electrons. The summed E-state index contributed by atoms with van der Waals surface area (Å²) in [6.07, 6.45) is 2.58. The zero-order valence-corrected chi connectivity index (χ0v) is 10.5. The lowest BCUT2D eigenvalue weighted by Crippen LogP contribution is -2.41. The van der Waals surface area contributed by atoms with Gasteiger partial charge in [-0.15, -0.1) is 0 Å². The van der Waals surface area contributed by atoms with E-state index in [9.17, 15) is 10.1 Å². The monoisotopic (exact) mass is 227 g/mol. The Kier molecular flexibility index (Phi) is 4.26. The first-order valence-corrected chi connectivity index (χ1v) is 5.82. The van der Waals surface area contributed by atoms with Crippen molar-refractivity contribution < 1.29 is 4.92 Å². The molecule has 1 aliphatic carbocycles. The number of rotatable bonds is 3. The van der Waals surface area contributed by atoms with Crippen LogP contribution in [0.1, 0.15) is 33.1 Å². The zero-order chi connectivity index (χ0) is 12.3. The van der Waals surface area contributed by atoms with Crippen molar-refractivity contribution in [1.82, 2.24) is 5.01 Å². The van der Waals surface area contributed by atoms with Crippen LogP contribution in [0.4, 0.5) is 0 Å². The van der Waals surface area contributed by atoms with Crippen LogP contribution in [-0.2, 0) is 0 Å². The van der Waals surface area contributed by atoms with Gasteiger partial charge in [0, 0.05) is 31.4 Å². The number of hydrogen-bond donors (Lipinski definition) is 0. The summed E-state index contributed by atoms with van der Waals surface area (Å²) in [5.74, 6) is 0.674. The average molecular weight is 227 g/mol. The highest BCUT2D eigenvalue weighted by molar-refractivity contribution is 5.91. The molecule has 0 aromatic carbocycles. The van der Waals surface area contributed by atoms with Gasteiger partial charge in [-0.1, -0.05) is 13.8 Å². The Hall–Kier alpha value is -1.13. The molecule has 0 radical (unpaired) electrons. The summed E-state index contributed by atoms with van der Waals surface area (Å²) in [7, 11) is 3.63. The Balaban J connectivity index is 2.98. The fourth-order valence-electron chi connectivity index (χ4n) is 2.33. The Bertz CT molecular complexity index is 287. The van der Waals surface area contributed by atoms with Gasteiger partial charge in [-0.3, -0.25) is 10.1 Å². The maximum absolute atomic E-state index is 11.0. The molecule has 1 aliphatic rings. The normalized spacial score (nSPS) is 28.4. The van der Waals surface area contributed by atoms with Gasteiger partial charge in [0.15, 0.2) is 0 Å². The third-order valence-corrected chi connectivity index (χ3v) is 3.09. The lowest BCUT2D eigenvalue weighted by molar-refractivity contribution is -0.505. The quantitative estimate of drug-likeness (QED) is 0.547. The number of hydrazone groups is 1. The second-order valence-corrected chi connectivity index (χ2v) is 4.95. The van der Waals surface area contributed by atoms with E-state index in [1.807, 2.05) is 14.1 Å². The third-order valence-electron chi connectivity index (χ3n) is 3.09. The number of nitro groups is 1. The van der Waals surface area contributed by atoms with E-state index >= 15 is 0 Å². The van der Waals surface area contributed by atoms with Gasteiger partial charge < -0.3 is 5.01 Å². The molecule has 2 unspecified atom stereocenters. The molecule has 0 aliphatic heterocycles. The number of hydrogen-bond acceptors (Lipinski definition) is 4. The highest BCUT2D eigenvalue weighted by atomic mass is 16.6. The van der Waals surface area contributed by atoms with Crippen molar-refractivity contribution in [3.05, 3.63) is 10.1 Å². The number of nitrogens with zero attached hydrogens (tertiary/aromatic N) is 3. The molecular weight excluding hydrogens is 206 g/mol. The van der Waals surface area contributed by atoms with Gasteiger partial charge in [0.05, 0.1) is 0 Å². The molecular formula is C11H21N3O2. The second kappa shape index (κ2) is 5.27. The summed E-state index contributed by atoms with van der Waals surface area (Å²) in [5.41, 5.74) is 0.760. The molecule has 0 aromatic heterocycles. The first-order chi connectivity index (χ1) is 7.43. The van der Waals surface area contributed by atoms with Gasteiger partial charge in [-0.05, 0) is 18.8 Å². The molecule has 0 amide bonds. The van der Waals surface area contributed by atoms with E-state index in [0.29, 0.717) is 12.3 Å². The van der Waals surface area contributed by atoms with Gasteiger partial charge in [0.25, 0.3) is 6.04 Å². The van der Waals surface area contributed by atoms with Gasteiger partial charge in [-0.2, -0.15) is 5.10 Å². The molecule has 0 spiro atoms. The Labute approximate surface area is 96.7 Å². The van der Waals surface area contributed by atoms with Gasteiger partial charge in [-0.25, -0.2) is 0 Å². The first kappa shape index (κ1) is 12.9. The van der Waals surface area contributed by atoms with Crippen molar-refractivity contribution in [3.8, 4) is 0 Å². The van der Waals surface area contributed by atoms with Crippen molar-refractivity contribution in [2.75, 3.05) is 14.1 Å². The summed E-state index contributed by atoms with van der Waals surface area (Å²) >= 11 is 0. The molecule has 5 heteroatoms. The Morgan fingerprint density at radius 2 is 2.06 bits per heavy atom. The van der Waals surface area contributed by atoms with Crippen LogP contribution < -0.4 is 0 Å². The van der Waals surface area contributed by atoms with Crippen LogP contribution in [0, 0.1) is 22.0 Å². The van der Waals surface area contributed by atoms with Gasteiger partial charge >= 0.3 is 0 Å². The minimum atomic E-state index is -0.580. The van der Waals surface area contributed by atoms with Gasteiger partial charge in [0.1, 0.15) is 5.71 Å². The molecule has 0 bridgehead atoms. The topological polar surface area (TPSA) is 58.7 Å². The molecule has 0 aromatic rings. The SMILES string of the molecule is CC(C)C1CCCC([N+](=O)[O-])/C1=N\N(C)C. The highest BCUT2D eigenvalue weighted by Crippen LogP contribution is 2.29. The molecule has 1 rings (SSSR count). The summed E-state index contributed by atoms with van der Waals surface area (Å²) in [4.78, 5) is 10.8. The molecule has 2 atom stereocenters. The van der Waals surface area contributed by atoms with E-state index in [2.05, 4.69) is 18.9 Å². The average Bonchev–Trinajstić information content (AvgIpc) is 2.16. The maximum Gasteiger partial charge on any atom is 0.252 e. The Morgan fingerprint density at radius 3 is 2.50 bits per heavy atom. The van der Waals surface area contributed by atoms with Crippen molar-refractivity contribution in [2.45, 2.75) is 39.2 Å². The molecule has 16 heavy (non-hydrogen) atoms. The molecule has 1 fully saturated rings. The van der Waals surface area contributed by atoms with Crippen LogP contribution in [0.5, 0.6) is 0 Å². The Morgan fingerprint density at radius 1 is 1.44 bits per heavy atom. The smallest absolute Gasteiger partial charge is 0.252 e. The van der Waals surface area contributed by atoms with Crippen molar-refractivity contribution in [3.63, 3.8) is 0 Å². The van der Waals surface area contributed by atoms with Crippen LogP contribution in [0.25, 0.3) is 0 Å². The maximum atomic E-state index is 11.0. The van der Waals surface area contributed by atoms with Gasteiger partial charge in [0.2, 0.25) is 0 Å². The fourth-order valence-corrected chi connectivity index (χ4v) is 2.33. The van der Waals surface area contributed by atoms with Crippen LogP contribution in [0.3, 0.4) is 0 Å². The highest BCUT2D eigenvalue weighted by Gasteiger charge is 2.38. The van der Waals surface area contributed by atoms with Crippen LogP contribution in [-0.4, -0.2) is 35.8 Å². The minimum absolute atomic E-state index is 0.184. The summed E-state index contributed by atoms with van der Waals surface area (Å²) in [6, 6.07) is -0.580. The third kappa shape index (κ3) is 2.93. The summed E-state index contributed by atoms with van der Waals surface area (Å²) in [5, 5.41) is 17.0. The van der Waals surface area contributed by atoms with Crippen molar-refractivity contribution in [1.29, 1.82) is 0 Å².